The fourth-order valence-electron chi connectivity index (χ4n) is 4.90. The molecule has 0 bridgehead atoms. The normalized spacial score (nSPS) is 24.1. The minimum Gasteiger partial charge on any atom is -0.310 e. The van der Waals surface area contributed by atoms with E-state index in [1.54, 1.807) is 0 Å². The molecule has 1 aliphatic carbocycles. The number of benzene rings is 1. The third-order valence-electron chi connectivity index (χ3n) is 6.75. The van der Waals surface area contributed by atoms with Crippen molar-refractivity contribution in [3.8, 4) is 0 Å². The Hall–Kier alpha value is -1.06. The van der Waals surface area contributed by atoms with Gasteiger partial charge in [0, 0.05) is 18.8 Å². The number of para-hydroxylation sites is 1. The largest absolute Gasteiger partial charge is 0.310 e. The van der Waals surface area contributed by atoms with Gasteiger partial charge in [-0.15, -0.1) is 12.4 Å². The fourth-order valence-corrected chi connectivity index (χ4v) is 4.90. The SMILES string of the molecule is CCCCN1CCN(c2ccccc2C2CCC(C(C)(C)C)CC2)C(=O)C1.Cl. The van der Waals surface area contributed by atoms with Crippen molar-refractivity contribution in [3.63, 3.8) is 0 Å². The summed E-state index contributed by atoms with van der Waals surface area (Å²) in [5.74, 6) is 1.70. The van der Waals surface area contributed by atoms with E-state index >= 15 is 0 Å². The highest BCUT2D eigenvalue weighted by molar-refractivity contribution is 5.96. The molecule has 1 saturated heterocycles. The van der Waals surface area contributed by atoms with Crippen molar-refractivity contribution >= 4 is 24.0 Å². The number of unbranched alkanes of at least 4 members (excludes halogenated alkanes) is 1. The van der Waals surface area contributed by atoms with E-state index in [4.69, 9.17) is 0 Å². The molecule has 28 heavy (non-hydrogen) atoms. The highest BCUT2D eigenvalue weighted by Crippen LogP contribution is 2.45. The zero-order valence-corrected chi connectivity index (χ0v) is 19.1. The smallest absolute Gasteiger partial charge is 0.241 e. The number of rotatable bonds is 5. The monoisotopic (exact) mass is 406 g/mol. The van der Waals surface area contributed by atoms with Crippen molar-refractivity contribution in [1.82, 2.24) is 4.90 Å². The molecule has 3 rings (SSSR count). The molecule has 0 radical (unpaired) electrons. The van der Waals surface area contributed by atoms with Gasteiger partial charge in [-0.05, 0) is 67.5 Å². The first-order valence-corrected chi connectivity index (χ1v) is 11.0. The van der Waals surface area contributed by atoms with Crippen molar-refractivity contribution in [2.75, 3.05) is 31.1 Å². The second kappa shape index (κ2) is 10.1. The van der Waals surface area contributed by atoms with Gasteiger partial charge in [0.2, 0.25) is 5.91 Å². The first kappa shape index (κ1) is 23.2. The minimum atomic E-state index is 0. The van der Waals surface area contributed by atoms with Gasteiger partial charge in [-0.1, -0.05) is 52.3 Å². The van der Waals surface area contributed by atoms with E-state index in [9.17, 15) is 4.79 Å². The number of halogens is 1. The summed E-state index contributed by atoms with van der Waals surface area (Å²) in [7, 11) is 0. The first-order chi connectivity index (χ1) is 12.9. The number of carbonyl (C=O) groups is 1. The van der Waals surface area contributed by atoms with Crippen molar-refractivity contribution < 1.29 is 4.79 Å². The topological polar surface area (TPSA) is 23.6 Å². The summed E-state index contributed by atoms with van der Waals surface area (Å²) in [4.78, 5) is 17.3. The highest BCUT2D eigenvalue weighted by Gasteiger charge is 2.33. The molecular weight excluding hydrogens is 368 g/mol. The van der Waals surface area contributed by atoms with Gasteiger partial charge in [-0.3, -0.25) is 9.69 Å². The maximum atomic E-state index is 12.9. The Labute approximate surface area is 178 Å². The van der Waals surface area contributed by atoms with Gasteiger partial charge in [0.1, 0.15) is 0 Å². The van der Waals surface area contributed by atoms with E-state index in [0.717, 1.165) is 25.6 Å². The Kier molecular flexibility index (Phi) is 8.39. The molecule has 3 nitrogen and oxygen atoms in total. The molecule has 0 N–H and O–H groups in total. The number of anilines is 1. The van der Waals surface area contributed by atoms with Crippen molar-refractivity contribution in [2.45, 2.75) is 72.1 Å². The quantitative estimate of drug-likeness (QED) is 0.609. The Morgan fingerprint density at radius 2 is 1.71 bits per heavy atom. The number of amides is 1. The second-order valence-corrected chi connectivity index (χ2v) is 9.65. The van der Waals surface area contributed by atoms with E-state index in [1.807, 2.05) is 0 Å². The number of piperazine rings is 1. The standard InChI is InChI=1S/C24H38N2O.ClH/c1-5-6-15-25-16-17-26(23(27)18-25)22-10-8-7-9-21(22)19-11-13-20(14-12-19)24(2,3)4;/h7-10,19-20H,5-6,11-18H2,1-4H3;1H. The van der Waals surface area contributed by atoms with Gasteiger partial charge in [-0.2, -0.15) is 0 Å². The van der Waals surface area contributed by atoms with E-state index in [-0.39, 0.29) is 18.3 Å². The van der Waals surface area contributed by atoms with Crippen LogP contribution in [0.15, 0.2) is 24.3 Å². The lowest BCUT2D eigenvalue weighted by molar-refractivity contribution is -0.121. The van der Waals surface area contributed by atoms with Crippen LogP contribution in [0.3, 0.4) is 0 Å². The minimum absolute atomic E-state index is 0. The number of nitrogens with zero attached hydrogens (tertiary/aromatic N) is 2. The predicted octanol–water partition coefficient (Wildman–Crippen LogP) is 5.88. The lowest BCUT2D eigenvalue weighted by Gasteiger charge is -2.39. The fraction of sp³-hybridized carbons (Fsp3) is 0.708. The third kappa shape index (κ3) is 5.51. The molecule has 1 aliphatic heterocycles. The average molecular weight is 407 g/mol. The number of hydrogen-bond acceptors (Lipinski definition) is 2. The molecule has 1 aromatic rings. The summed E-state index contributed by atoms with van der Waals surface area (Å²) >= 11 is 0. The molecule has 1 heterocycles. The lowest BCUT2D eigenvalue weighted by atomic mass is 9.68. The molecule has 0 atom stereocenters. The molecule has 0 spiro atoms. The molecule has 2 fully saturated rings. The average Bonchev–Trinajstić information content (AvgIpc) is 2.66. The van der Waals surface area contributed by atoms with Crippen molar-refractivity contribution in [2.24, 2.45) is 11.3 Å². The molecule has 2 aliphatic rings. The summed E-state index contributed by atoms with van der Waals surface area (Å²) in [6.07, 6.45) is 7.49. The van der Waals surface area contributed by atoms with Crippen LogP contribution in [0.5, 0.6) is 0 Å². The Bertz CT molecular complexity index is 632. The summed E-state index contributed by atoms with van der Waals surface area (Å²) in [6.45, 7) is 12.8. The molecular formula is C24H39ClN2O. The van der Waals surface area contributed by atoms with Crippen molar-refractivity contribution in [1.29, 1.82) is 0 Å². The number of hydrogen-bond donors (Lipinski definition) is 0. The molecule has 4 heteroatoms. The molecule has 1 aromatic carbocycles. The van der Waals surface area contributed by atoms with Crippen LogP contribution in [0, 0.1) is 11.3 Å². The van der Waals surface area contributed by atoms with Gasteiger partial charge in [0.25, 0.3) is 0 Å². The summed E-state index contributed by atoms with van der Waals surface area (Å²) in [6, 6.07) is 8.69. The van der Waals surface area contributed by atoms with Gasteiger partial charge in [0.05, 0.1) is 6.54 Å². The van der Waals surface area contributed by atoms with Gasteiger partial charge in [0.15, 0.2) is 0 Å². The first-order valence-electron chi connectivity index (χ1n) is 11.0. The van der Waals surface area contributed by atoms with Crippen molar-refractivity contribution in [3.05, 3.63) is 29.8 Å². The maximum Gasteiger partial charge on any atom is 0.241 e. The Balaban J connectivity index is 0.00000280. The van der Waals surface area contributed by atoms with E-state index in [1.165, 1.54) is 49.8 Å². The Morgan fingerprint density at radius 3 is 2.32 bits per heavy atom. The number of carbonyl (C=O) groups excluding carboxylic acids is 1. The van der Waals surface area contributed by atoms with Crippen LogP contribution < -0.4 is 4.90 Å². The molecule has 1 saturated carbocycles. The Morgan fingerprint density at radius 1 is 1.04 bits per heavy atom. The van der Waals surface area contributed by atoms with E-state index in [0.29, 0.717) is 17.9 Å². The predicted molar refractivity (Wildman–Crippen MR) is 122 cm³/mol. The third-order valence-corrected chi connectivity index (χ3v) is 6.75. The lowest BCUT2D eigenvalue weighted by Crippen LogP contribution is -2.51. The van der Waals surface area contributed by atoms with Gasteiger partial charge < -0.3 is 4.90 Å². The summed E-state index contributed by atoms with van der Waals surface area (Å²) < 4.78 is 0. The summed E-state index contributed by atoms with van der Waals surface area (Å²) in [5, 5.41) is 0. The zero-order valence-electron chi connectivity index (χ0n) is 18.2. The summed E-state index contributed by atoms with van der Waals surface area (Å²) in [5.41, 5.74) is 2.99. The van der Waals surface area contributed by atoms with Crippen LogP contribution in [-0.2, 0) is 4.79 Å². The van der Waals surface area contributed by atoms with Crippen LogP contribution in [0.4, 0.5) is 5.69 Å². The molecule has 1 amide bonds. The highest BCUT2D eigenvalue weighted by atomic mass is 35.5. The van der Waals surface area contributed by atoms with Gasteiger partial charge >= 0.3 is 0 Å². The second-order valence-electron chi connectivity index (χ2n) is 9.65. The van der Waals surface area contributed by atoms with Crippen LogP contribution in [0.25, 0.3) is 0 Å². The maximum absolute atomic E-state index is 12.9. The zero-order chi connectivity index (χ0) is 19.4. The van der Waals surface area contributed by atoms with Crippen LogP contribution in [0.2, 0.25) is 0 Å². The van der Waals surface area contributed by atoms with E-state index < -0.39 is 0 Å². The van der Waals surface area contributed by atoms with Gasteiger partial charge in [-0.25, -0.2) is 0 Å². The van der Waals surface area contributed by atoms with Crippen LogP contribution in [0.1, 0.15) is 77.7 Å². The molecule has 158 valence electrons. The van der Waals surface area contributed by atoms with E-state index in [2.05, 4.69) is 61.8 Å². The van der Waals surface area contributed by atoms with Crippen LogP contribution in [-0.4, -0.2) is 37.0 Å². The van der Waals surface area contributed by atoms with Crippen LogP contribution >= 0.6 is 12.4 Å². The molecule has 0 unspecified atom stereocenters. The molecule has 0 aromatic heterocycles.